The van der Waals surface area contributed by atoms with Crippen molar-refractivity contribution in [3.8, 4) is 40.1 Å². The van der Waals surface area contributed by atoms with Crippen molar-refractivity contribution in [1.82, 2.24) is 24.5 Å². The van der Waals surface area contributed by atoms with Gasteiger partial charge < -0.3 is 20.8 Å². The average Bonchev–Trinajstić information content (AvgIpc) is 3.22. The Hall–Kier alpha value is -5.31. The van der Waals surface area contributed by atoms with Crippen LogP contribution < -0.4 is 16.2 Å². The first-order valence-corrected chi connectivity index (χ1v) is 12.2. The second-order valence-corrected chi connectivity index (χ2v) is 9.17. The largest absolute Gasteiger partial charge is 0.436 e. The number of aromatic nitrogens is 5. The van der Waals surface area contributed by atoms with Crippen LogP contribution in [0.15, 0.2) is 85.2 Å². The van der Waals surface area contributed by atoms with Gasteiger partial charge in [-0.3, -0.25) is 4.98 Å². The molecule has 0 aliphatic heterocycles. The van der Waals surface area contributed by atoms with Crippen LogP contribution in [0.25, 0.3) is 39.5 Å². The summed E-state index contributed by atoms with van der Waals surface area (Å²) in [6.45, 7) is 3.80. The number of nitrogens with two attached hydrogens (primary N) is 2. The quantitative estimate of drug-likeness (QED) is 0.259. The molecule has 0 aliphatic carbocycles. The van der Waals surface area contributed by atoms with Crippen LogP contribution in [0.1, 0.15) is 11.3 Å². The van der Waals surface area contributed by atoms with Crippen LogP contribution in [0.2, 0.25) is 0 Å². The molecule has 0 unspecified atom stereocenters. The Morgan fingerprint density at radius 3 is 2.41 bits per heavy atom. The summed E-state index contributed by atoms with van der Waals surface area (Å²) in [5, 5.41) is 0. The van der Waals surface area contributed by atoms with Crippen molar-refractivity contribution in [2.24, 2.45) is 0 Å². The van der Waals surface area contributed by atoms with Gasteiger partial charge in [-0.25, -0.2) is 19.3 Å². The highest BCUT2D eigenvalue weighted by Crippen LogP contribution is 2.36. The van der Waals surface area contributed by atoms with Crippen LogP contribution in [0.5, 0.6) is 11.6 Å². The number of hydrogen-bond donors (Lipinski definition) is 2. The molecule has 0 spiro atoms. The van der Waals surface area contributed by atoms with E-state index in [1.165, 1.54) is 6.07 Å². The van der Waals surface area contributed by atoms with E-state index in [-0.39, 0.29) is 5.75 Å². The minimum atomic E-state index is -0.541. The number of hydrogen-bond acceptors (Lipinski definition) is 7. The topological polar surface area (TPSA) is 118 Å². The number of pyridine rings is 2. The number of nitrogens with zero attached hydrogens (tertiary/aromatic N) is 5. The SMILES string of the molecule is Cc1cccc(Oc2ccc(-n3c(-c4cc(N)ccn4)c(C)c4nc(-c5ccc(N)cc5)ncc43)cc2F)n1. The van der Waals surface area contributed by atoms with E-state index < -0.39 is 5.82 Å². The third-order valence-corrected chi connectivity index (χ3v) is 6.39. The summed E-state index contributed by atoms with van der Waals surface area (Å²) in [4.78, 5) is 18.3. The van der Waals surface area contributed by atoms with Gasteiger partial charge in [0, 0.05) is 52.2 Å². The maximum absolute atomic E-state index is 15.4. The van der Waals surface area contributed by atoms with Crippen molar-refractivity contribution in [3.05, 3.63) is 102 Å². The van der Waals surface area contributed by atoms with Gasteiger partial charge in [-0.05, 0) is 68.4 Å². The molecular formula is C30H24FN7O. The summed E-state index contributed by atoms with van der Waals surface area (Å²) in [6.07, 6.45) is 3.37. The Morgan fingerprint density at radius 2 is 1.67 bits per heavy atom. The fourth-order valence-corrected chi connectivity index (χ4v) is 4.54. The van der Waals surface area contributed by atoms with E-state index in [9.17, 15) is 0 Å². The fraction of sp³-hybridized carbons (Fsp3) is 0.0667. The normalized spacial score (nSPS) is 11.2. The Labute approximate surface area is 223 Å². The molecule has 0 atom stereocenters. The maximum atomic E-state index is 15.4. The van der Waals surface area contributed by atoms with Crippen LogP contribution in [-0.2, 0) is 0 Å². The molecule has 0 fully saturated rings. The molecule has 192 valence electrons. The third kappa shape index (κ3) is 4.50. The molecule has 6 aromatic rings. The van der Waals surface area contributed by atoms with Crippen molar-refractivity contribution in [1.29, 1.82) is 0 Å². The summed E-state index contributed by atoms with van der Waals surface area (Å²) < 4.78 is 23.0. The minimum absolute atomic E-state index is 0.0653. The lowest BCUT2D eigenvalue weighted by Gasteiger charge is -2.13. The van der Waals surface area contributed by atoms with Crippen LogP contribution in [-0.4, -0.2) is 24.5 Å². The average molecular weight is 518 g/mol. The summed E-state index contributed by atoms with van der Waals surface area (Å²) >= 11 is 0. The summed E-state index contributed by atoms with van der Waals surface area (Å²) in [6, 6.07) is 21.0. The van der Waals surface area contributed by atoms with Crippen molar-refractivity contribution in [2.45, 2.75) is 13.8 Å². The Bertz CT molecular complexity index is 1850. The summed E-state index contributed by atoms with van der Waals surface area (Å²) in [7, 11) is 0. The molecule has 6 rings (SSSR count). The monoisotopic (exact) mass is 517 g/mol. The summed E-state index contributed by atoms with van der Waals surface area (Å²) in [5.41, 5.74) is 18.9. The van der Waals surface area contributed by atoms with Gasteiger partial charge in [-0.2, -0.15) is 0 Å². The van der Waals surface area contributed by atoms with Gasteiger partial charge in [-0.1, -0.05) is 6.07 Å². The molecule has 0 aliphatic rings. The maximum Gasteiger partial charge on any atom is 0.219 e. The Kier molecular flexibility index (Phi) is 5.88. The van der Waals surface area contributed by atoms with E-state index in [4.69, 9.17) is 21.2 Å². The molecule has 0 bridgehead atoms. The zero-order chi connectivity index (χ0) is 27.1. The molecule has 0 saturated heterocycles. The number of fused-ring (bicyclic) bond motifs is 1. The predicted octanol–water partition coefficient (Wildman–Crippen LogP) is 6.26. The van der Waals surface area contributed by atoms with E-state index in [1.807, 2.05) is 54.8 Å². The van der Waals surface area contributed by atoms with E-state index in [1.54, 1.807) is 42.7 Å². The first-order valence-electron chi connectivity index (χ1n) is 12.2. The third-order valence-electron chi connectivity index (χ3n) is 6.39. The second-order valence-electron chi connectivity index (χ2n) is 9.17. The molecule has 0 radical (unpaired) electrons. The molecule has 8 nitrogen and oxygen atoms in total. The fourth-order valence-electron chi connectivity index (χ4n) is 4.54. The zero-order valence-corrected chi connectivity index (χ0v) is 21.3. The Balaban J connectivity index is 1.52. The van der Waals surface area contributed by atoms with E-state index in [0.717, 1.165) is 22.5 Å². The molecule has 0 saturated carbocycles. The van der Waals surface area contributed by atoms with E-state index >= 15 is 4.39 Å². The van der Waals surface area contributed by atoms with Gasteiger partial charge in [-0.15, -0.1) is 0 Å². The Morgan fingerprint density at radius 1 is 0.846 bits per heavy atom. The number of aryl methyl sites for hydroxylation is 2. The van der Waals surface area contributed by atoms with Gasteiger partial charge in [0.15, 0.2) is 17.4 Å². The highest BCUT2D eigenvalue weighted by molar-refractivity contribution is 5.91. The van der Waals surface area contributed by atoms with E-state index in [2.05, 4.69) is 15.0 Å². The highest BCUT2D eigenvalue weighted by atomic mass is 19.1. The lowest BCUT2D eigenvalue weighted by Crippen LogP contribution is -2.01. The predicted molar refractivity (Wildman–Crippen MR) is 150 cm³/mol. The van der Waals surface area contributed by atoms with Crippen molar-refractivity contribution in [2.75, 3.05) is 11.5 Å². The molecule has 9 heteroatoms. The standard InChI is InChI=1S/C30H24FN7O/c1-17-4-3-5-27(36-17)39-26-11-10-22(15-23(26)31)38-25-16-35-30(19-6-8-20(32)9-7-19)37-28(25)18(2)29(38)24-14-21(33)12-13-34-24/h3-16H,32H2,1-2H3,(H2,33,34). The lowest BCUT2D eigenvalue weighted by molar-refractivity contribution is 0.426. The van der Waals surface area contributed by atoms with Crippen LogP contribution in [0.3, 0.4) is 0 Å². The van der Waals surface area contributed by atoms with Gasteiger partial charge in [0.05, 0.1) is 28.6 Å². The van der Waals surface area contributed by atoms with Gasteiger partial charge in [0.2, 0.25) is 5.88 Å². The smallest absolute Gasteiger partial charge is 0.219 e. The van der Waals surface area contributed by atoms with E-state index in [0.29, 0.717) is 45.5 Å². The molecule has 0 amide bonds. The number of benzene rings is 2. The molecule has 4 N–H and O–H groups in total. The highest BCUT2D eigenvalue weighted by Gasteiger charge is 2.22. The van der Waals surface area contributed by atoms with Crippen LogP contribution in [0, 0.1) is 19.7 Å². The van der Waals surface area contributed by atoms with Gasteiger partial charge >= 0.3 is 0 Å². The number of anilines is 2. The van der Waals surface area contributed by atoms with Gasteiger partial charge in [0.25, 0.3) is 0 Å². The van der Waals surface area contributed by atoms with Crippen LogP contribution >= 0.6 is 0 Å². The van der Waals surface area contributed by atoms with Crippen molar-refractivity contribution in [3.63, 3.8) is 0 Å². The number of halogens is 1. The minimum Gasteiger partial charge on any atom is -0.436 e. The first kappa shape index (κ1) is 24.1. The number of ether oxygens (including phenoxy) is 1. The van der Waals surface area contributed by atoms with Gasteiger partial charge in [0.1, 0.15) is 0 Å². The molecule has 39 heavy (non-hydrogen) atoms. The lowest BCUT2D eigenvalue weighted by atomic mass is 10.1. The summed E-state index contributed by atoms with van der Waals surface area (Å²) in [5.74, 6) is 0.393. The van der Waals surface area contributed by atoms with Crippen molar-refractivity contribution >= 4 is 22.4 Å². The first-order chi connectivity index (χ1) is 18.9. The van der Waals surface area contributed by atoms with Crippen LogP contribution in [0.4, 0.5) is 15.8 Å². The number of nitrogen functional groups attached to an aromatic ring is 2. The molecule has 4 aromatic heterocycles. The number of rotatable bonds is 5. The molecular weight excluding hydrogens is 493 g/mol. The second kappa shape index (κ2) is 9.53. The molecule has 2 aromatic carbocycles. The molecule has 4 heterocycles. The zero-order valence-electron chi connectivity index (χ0n) is 21.3. The van der Waals surface area contributed by atoms with Crippen molar-refractivity contribution < 1.29 is 9.13 Å².